The molecule has 442 valence electrons. The summed E-state index contributed by atoms with van der Waals surface area (Å²) < 4.78 is 46.7. The molecule has 0 aromatic carbocycles. The summed E-state index contributed by atoms with van der Waals surface area (Å²) in [7, 11) is -5.30. The molecule has 2 fully saturated rings. The van der Waals surface area contributed by atoms with Crippen LogP contribution in [0.15, 0.2) is 0 Å². The average Bonchev–Trinajstić information content (AvgIpc) is 3.36. The van der Waals surface area contributed by atoms with Gasteiger partial charge in [0, 0.05) is 13.0 Å². The van der Waals surface area contributed by atoms with Gasteiger partial charge in [-0.2, -0.15) is 0 Å². The minimum absolute atomic E-state index is 0.147. The molecule has 0 aromatic heterocycles. The van der Waals surface area contributed by atoms with E-state index in [1.165, 1.54) is 89.9 Å². The van der Waals surface area contributed by atoms with Crippen molar-refractivity contribution in [1.29, 1.82) is 0 Å². The van der Waals surface area contributed by atoms with Crippen LogP contribution < -0.4 is 10.6 Å². The van der Waals surface area contributed by atoms with Crippen LogP contribution in [0.25, 0.3) is 0 Å². The lowest BCUT2D eigenvalue weighted by Gasteiger charge is -2.45. The number of unbranched alkanes of at least 4 members (excludes halogenated alkanes) is 24. The minimum Gasteiger partial charge on any atom is -0.462 e. The Bertz CT molecular complexity index is 1510. The van der Waals surface area contributed by atoms with Gasteiger partial charge in [0.1, 0.15) is 54.8 Å². The molecule has 75 heavy (non-hydrogen) atoms. The van der Waals surface area contributed by atoms with Crippen molar-refractivity contribution in [2.24, 2.45) is 0 Å². The maximum Gasteiger partial charge on any atom is 0.470 e. The summed E-state index contributed by atoms with van der Waals surface area (Å²) in [6.07, 6.45) is 15.6. The Kier molecular flexibility index (Phi) is 38.9. The molecule has 0 aliphatic carbocycles. The van der Waals surface area contributed by atoms with Gasteiger partial charge in [0.2, 0.25) is 11.8 Å². The smallest absolute Gasteiger partial charge is 0.462 e. The van der Waals surface area contributed by atoms with Crippen molar-refractivity contribution in [3.8, 4) is 0 Å². The maximum atomic E-state index is 14.0. The topological polar surface area (TPSA) is 289 Å². The lowest BCUT2D eigenvalue weighted by molar-refractivity contribution is -0.302. The van der Waals surface area contributed by atoms with Crippen LogP contribution in [0.2, 0.25) is 0 Å². The molecule has 0 saturated carbocycles. The van der Waals surface area contributed by atoms with Gasteiger partial charge in [-0.3, -0.25) is 18.9 Å². The molecule has 2 aliphatic heterocycles. The normalized spacial score (nSPS) is 24.9. The fourth-order valence-corrected chi connectivity index (χ4v) is 10.4. The maximum absolute atomic E-state index is 14.0. The van der Waals surface area contributed by atoms with E-state index < -0.39 is 112 Å². The second kappa shape index (κ2) is 42.1. The molecular formula is C55H105N2O17P. The number of esters is 1. The Morgan fingerprint density at radius 3 is 1.48 bits per heavy atom. The Balaban J connectivity index is 2.17. The van der Waals surface area contributed by atoms with Gasteiger partial charge in [-0.25, -0.2) is 4.57 Å². The number of carbonyl (C=O) groups is 3. The van der Waals surface area contributed by atoms with E-state index in [1.54, 1.807) is 0 Å². The first-order valence-corrected chi connectivity index (χ1v) is 31.0. The summed E-state index contributed by atoms with van der Waals surface area (Å²) in [5.74, 6) is -1.71. The summed E-state index contributed by atoms with van der Waals surface area (Å²) in [6, 6.07) is -2.85. The third-order valence-corrected chi connectivity index (χ3v) is 14.8. The van der Waals surface area contributed by atoms with E-state index in [-0.39, 0.29) is 25.9 Å². The first kappa shape index (κ1) is 69.3. The van der Waals surface area contributed by atoms with Crippen molar-refractivity contribution >= 4 is 25.6 Å². The lowest BCUT2D eigenvalue weighted by Crippen LogP contribution is -2.67. The number of nitrogens with one attached hydrogen (secondary N) is 2. The quantitative estimate of drug-likeness (QED) is 0.0158. The van der Waals surface area contributed by atoms with Crippen LogP contribution in [-0.2, 0) is 47.2 Å². The molecule has 2 aliphatic rings. The van der Waals surface area contributed by atoms with Gasteiger partial charge in [-0.05, 0) is 32.1 Å². The van der Waals surface area contributed by atoms with E-state index in [4.69, 9.17) is 28.2 Å². The van der Waals surface area contributed by atoms with Crippen molar-refractivity contribution < 1.29 is 82.5 Å². The summed E-state index contributed by atoms with van der Waals surface area (Å²) in [5, 5.41) is 60.6. The number of aliphatic hydroxyl groups excluding tert-OH is 5. The third kappa shape index (κ3) is 30.9. The van der Waals surface area contributed by atoms with Crippen LogP contribution in [0.3, 0.4) is 0 Å². The molecular weight excluding hydrogens is 992 g/mol. The number of amides is 2. The molecule has 19 nitrogen and oxygen atoms in total. The number of phosphoric ester groups is 1. The van der Waals surface area contributed by atoms with Gasteiger partial charge in [0.25, 0.3) is 0 Å². The lowest BCUT2D eigenvalue weighted by atomic mass is 9.95. The minimum atomic E-state index is -5.30. The van der Waals surface area contributed by atoms with Crippen molar-refractivity contribution in [2.45, 2.75) is 313 Å². The van der Waals surface area contributed by atoms with Crippen molar-refractivity contribution in [3.05, 3.63) is 0 Å². The zero-order valence-electron chi connectivity index (χ0n) is 46.5. The van der Waals surface area contributed by atoms with Gasteiger partial charge < -0.3 is 69.6 Å². The standard InChI is InChI=1S/C55H105N2O17P/c1-5-9-12-15-18-21-24-27-30-33-41(59)37-45(60)56-48-51(64)50(63)44(73-54(48)69-36-8-4)40-70-55-49(52(65)53(43(39-58)72-55)74-75(66,67)68)57-46(61)38-42(34-31-28-25-22-19-16-13-10-6-2)71-47(62)35-32-29-26-23-20-17-14-11-7-3/h41-44,48-55,58-59,63-65H,5-40H2,1-4H3,(H,56,60)(H,57,61)(H2,66,67,68)/t41-,42-,43-,44-,48+,49+,50-,51-,52-,53-,54+,55-/m1/s1. The number of ether oxygens (including phenoxy) is 5. The molecule has 2 saturated heterocycles. The Labute approximate surface area is 450 Å². The Morgan fingerprint density at radius 1 is 0.547 bits per heavy atom. The van der Waals surface area contributed by atoms with Gasteiger partial charge in [-0.15, -0.1) is 0 Å². The molecule has 0 spiro atoms. The number of rotatable bonds is 46. The third-order valence-electron chi connectivity index (χ3n) is 14.3. The number of hydrogen-bond acceptors (Lipinski definition) is 15. The molecule has 0 bridgehead atoms. The molecule has 2 heterocycles. The van der Waals surface area contributed by atoms with Crippen LogP contribution in [0.1, 0.15) is 240 Å². The largest absolute Gasteiger partial charge is 0.470 e. The van der Waals surface area contributed by atoms with E-state index in [2.05, 4.69) is 31.4 Å². The average molecular weight is 1100 g/mol. The molecule has 20 heteroatoms. The predicted octanol–water partition coefficient (Wildman–Crippen LogP) is 8.22. The zero-order chi connectivity index (χ0) is 55.3. The molecule has 0 radical (unpaired) electrons. The fraction of sp³-hybridized carbons (Fsp3) is 0.945. The van der Waals surface area contributed by atoms with Crippen LogP contribution in [0.4, 0.5) is 0 Å². The summed E-state index contributed by atoms with van der Waals surface area (Å²) in [4.78, 5) is 59.8. The van der Waals surface area contributed by atoms with Crippen molar-refractivity contribution in [3.63, 3.8) is 0 Å². The van der Waals surface area contributed by atoms with Gasteiger partial charge in [0.15, 0.2) is 12.6 Å². The number of aliphatic hydroxyl groups is 5. The number of hydrogen-bond donors (Lipinski definition) is 9. The highest BCUT2D eigenvalue weighted by Gasteiger charge is 2.51. The SMILES string of the molecule is CCCCCCCCCCCC(=O)O[C@H](CCCCCCCCCCC)CC(=O)N[C@@H]1[C@H](OC[C@H]2O[C@H](OCCC)[C@@H](NC(=O)C[C@H](O)CCCCCCCCCCC)[C@@H](O)[C@@H]2O)O[C@H](CO)[C@@H](OP(=O)(O)O)[C@@H]1O. The second-order valence-corrected chi connectivity index (χ2v) is 22.4. The van der Waals surface area contributed by atoms with Crippen LogP contribution in [0, 0.1) is 0 Å². The molecule has 9 N–H and O–H groups in total. The highest BCUT2D eigenvalue weighted by atomic mass is 31.2. The summed E-state index contributed by atoms with van der Waals surface area (Å²) >= 11 is 0. The highest BCUT2D eigenvalue weighted by molar-refractivity contribution is 7.46. The molecule has 2 rings (SSSR count). The molecule has 0 aromatic rings. The Morgan fingerprint density at radius 2 is 0.987 bits per heavy atom. The predicted molar refractivity (Wildman–Crippen MR) is 286 cm³/mol. The van der Waals surface area contributed by atoms with E-state index in [9.17, 15) is 54.3 Å². The van der Waals surface area contributed by atoms with E-state index in [0.29, 0.717) is 32.1 Å². The van der Waals surface area contributed by atoms with Gasteiger partial charge in [0.05, 0.1) is 32.2 Å². The van der Waals surface area contributed by atoms with Crippen molar-refractivity contribution in [1.82, 2.24) is 10.6 Å². The van der Waals surface area contributed by atoms with Crippen LogP contribution in [0.5, 0.6) is 0 Å². The molecule has 2 amide bonds. The second-order valence-electron chi connectivity index (χ2n) is 21.2. The monoisotopic (exact) mass is 1100 g/mol. The van der Waals surface area contributed by atoms with Gasteiger partial charge in [-0.1, -0.05) is 188 Å². The molecule has 0 unspecified atom stereocenters. The van der Waals surface area contributed by atoms with Gasteiger partial charge >= 0.3 is 13.8 Å². The van der Waals surface area contributed by atoms with E-state index >= 15 is 0 Å². The van der Waals surface area contributed by atoms with E-state index in [0.717, 1.165) is 70.6 Å². The first-order valence-electron chi connectivity index (χ1n) is 29.5. The fourth-order valence-electron chi connectivity index (χ4n) is 9.85. The summed E-state index contributed by atoms with van der Waals surface area (Å²) in [6.45, 7) is 7.07. The zero-order valence-corrected chi connectivity index (χ0v) is 47.4. The number of phosphoric acid groups is 1. The highest BCUT2D eigenvalue weighted by Crippen LogP contribution is 2.41. The van der Waals surface area contributed by atoms with E-state index in [1.807, 2.05) is 6.92 Å². The van der Waals surface area contributed by atoms with Crippen LogP contribution >= 0.6 is 7.82 Å². The molecule has 12 atom stereocenters. The van der Waals surface area contributed by atoms with Crippen LogP contribution in [-0.4, -0.2) is 146 Å². The Hall–Kier alpha value is -1.84. The van der Waals surface area contributed by atoms with Crippen molar-refractivity contribution in [2.75, 3.05) is 19.8 Å². The summed E-state index contributed by atoms with van der Waals surface area (Å²) in [5.41, 5.74) is 0. The first-order chi connectivity index (χ1) is 36.1. The number of carbonyl (C=O) groups excluding carboxylic acids is 3.